The zero-order valence-electron chi connectivity index (χ0n) is 6.79. The Morgan fingerprint density at radius 1 is 1.31 bits per heavy atom. The number of benzene rings is 1. The lowest BCUT2D eigenvalue weighted by molar-refractivity contribution is 0.591. The van der Waals surface area contributed by atoms with Crippen LogP contribution in [0.5, 0.6) is 0 Å². The van der Waals surface area contributed by atoms with E-state index < -0.39 is 11.6 Å². The van der Waals surface area contributed by atoms with Crippen molar-refractivity contribution in [2.45, 2.75) is 6.92 Å². The number of H-pyrrole nitrogens is 1. The molecule has 1 heterocycles. The van der Waals surface area contributed by atoms with E-state index in [9.17, 15) is 8.78 Å². The van der Waals surface area contributed by atoms with Crippen LogP contribution in [0, 0.1) is 22.1 Å². The third-order valence-corrected chi connectivity index (χ3v) is 3.32. The van der Waals surface area contributed by atoms with Gasteiger partial charge in [0, 0.05) is 20.7 Å². The minimum Gasteiger partial charge on any atom is -0.355 e. The van der Waals surface area contributed by atoms with Crippen molar-refractivity contribution in [3.8, 4) is 0 Å². The third-order valence-electron chi connectivity index (χ3n) is 1.93. The highest BCUT2D eigenvalue weighted by Crippen LogP contribution is 2.26. The lowest BCUT2D eigenvalue weighted by atomic mass is 10.2. The van der Waals surface area contributed by atoms with Gasteiger partial charge < -0.3 is 4.98 Å². The van der Waals surface area contributed by atoms with Gasteiger partial charge in [0.25, 0.3) is 0 Å². The molecule has 4 heteroatoms. The van der Waals surface area contributed by atoms with Crippen molar-refractivity contribution in [1.29, 1.82) is 0 Å². The summed E-state index contributed by atoms with van der Waals surface area (Å²) in [6.45, 7) is 1.83. The fourth-order valence-corrected chi connectivity index (χ4v) is 1.88. The molecule has 0 atom stereocenters. The molecule has 0 aliphatic heterocycles. The van der Waals surface area contributed by atoms with Gasteiger partial charge in [-0.1, -0.05) is 0 Å². The van der Waals surface area contributed by atoms with E-state index in [4.69, 9.17) is 0 Å². The number of fused-ring (bicyclic) bond motifs is 1. The summed E-state index contributed by atoms with van der Waals surface area (Å²) in [7, 11) is 0. The lowest BCUT2D eigenvalue weighted by Crippen LogP contribution is -1.81. The predicted octanol–water partition coefficient (Wildman–Crippen LogP) is 3.36. The Bertz CT molecular complexity index is 476. The summed E-state index contributed by atoms with van der Waals surface area (Å²) in [5, 5.41) is 0.607. The number of aromatic nitrogens is 1. The Morgan fingerprint density at radius 3 is 2.69 bits per heavy atom. The van der Waals surface area contributed by atoms with Crippen LogP contribution in [-0.2, 0) is 0 Å². The lowest BCUT2D eigenvalue weighted by Gasteiger charge is -1.93. The molecule has 2 aromatic rings. The second kappa shape index (κ2) is 2.94. The fourth-order valence-electron chi connectivity index (χ4n) is 1.32. The molecule has 0 saturated carbocycles. The first-order valence-electron chi connectivity index (χ1n) is 3.72. The molecule has 0 aliphatic carbocycles. The van der Waals surface area contributed by atoms with Gasteiger partial charge in [0.2, 0.25) is 0 Å². The van der Waals surface area contributed by atoms with Crippen LogP contribution in [0.15, 0.2) is 12.1 Å². The molecule has 1 N–H and O–H groups in total. The van der Waals surface area contributed by atoms with Gasteiger partial charge in [-0.2, -0.15) is 0 Å². The zero-order valence-corrected chi connectivity index (χ0v) is 8.95. The third kappa shape index (κ3) is 1.33. The molecule has 68 valence electrons. The van der Waals surface area contributed by atoms with Crippen LogP contribution in [0.2, 0.25) is 0 Å². The van der Waals surface area contributed by atoms with Gasteiger partial charge in [-0.3, -0.25) is 0 Å². The number of aromatic amines is 1. The number of rotatable bonds is 0. The molecule has 1 aromatic heterocycles. The first kappa shape index (κ1) is 8.93. The standard InChI is InChI=1S/C9H6F2IN/c1-4-8(12)6-2-5(10)3-7(11)9(6)13-4/h2-3,13H,1H3. The van der Waals surface area contributed by atoms with Crippen molar-refractivity contribution in [2.24, 2.45) is 0 Å². The molecule has 0 fully saturated rings. The normalized spacial score (nSPS) is 11.1. The first-order valence-corrected chi connectivity index (χ1v) is 4.80. The summed E-state index contributed by atoms with van der Waals surface area (Å²) < 4.78 is 26.9. The molecular formula is C9H6F2IN. The molecule has 0 radical (unpaired) electrons. The van der Waals surface area contributed by atoms with Gasteiger partial charge >= 0.3 is 0 Å². The second-order valence-corrected chi connectivity index (χ2v) is 3.95. The second-order valence-electron chi connectivity index (χ2n) is 2.87. The molecule has 1 nitrogen and oxygen atoms in total. The Labute approximate surface area is 87.3 Å². The van der Waals surface area contributed by atoms with Gasteiger partial charge in [0.15, 0.2) is 0 Å². The molecule has 13 heavy (non-hydrogen) atoms. The van der Waals surface area contributed by atoms with Crippen LogP contribution in [0.4, 0.5) is 8.78 Å². The largest absolute Gasteiger partial charge is 0.355 e. The van der Waals surface area contributed by atoms with E-state index in [2.05, 4.69) is 27.6 Å². The Morgan fingerprint density at radius 2 is 2.00 bits per heavy atom. The van der Waals surface area contributed by atoms with E-state index in [1.165, 1.54) is 6.07 Å². The van der Waals surface area contributed by atoms with E-state index >= 15 is 0 Å². The van der Waals surface area contributed by atoms with Crippen molar-refractivity contribution >= 4 is 33.5 Å². The smallest absolute Gasteiger partial charge is 0.150 e. The summed E-state index contributed by atoms with van der Waals surface area (Å²) in [6, 6.07) is 2.22. The van der Waals surface area contributed by atoms with Crippen LogP contribution in [0.3, 0.4) is 0 Å². The Hall–Kier alpha value is -0.650. The number of hydrogen-bond donors (Lipinski definition) is 1. The molecule has 2 rings (SSSR count). The average Bonchev–Trinajstić information content (AvgIpc) is 2.32. The van der Waals surface area contributed by atoms with Gasteiger partial charge in [0.05, 0.1) is 5.52 Å². The maximum absolute atomic E-state index is 13.2. The number of halogens is 3. The quantitative estimate of drug-likeness (QED) is 0.717. The molecule has 1 aromatic carbocycles. The maximum atomic E-state index is 13.2. The van der Waals surface area contributed by atoms with Gasteiger partial charge in [-0.05, 0) is 35.6 Å². The van der Waals surface area contributed by atoms with Crippen molar-refractivity contribution in [2.75, 3.05) is 0 Å². The van der Waals surface area contributed by atoms with Crippen LogP contribution in [0.25, 0.3) is 10.9 Å². The minimum absolute atomic E-state index is 0.378. The summed E-state index contributed by atoms with van der Waals surface area (Å²) in [5.74, 6) is -1.08. The van der Waals surface area contributed by atoms with Crippen LogP contribution in [0.1, 0.15) is 5.69 Å². The van der Waals surface area contributed by atoms with Crippen molar-refractivity contribution in [1.82, 2.24) is 4.98 Å². The topological polar surface area (TPSA) is 15.8 Å². The fraction of sp³-hybridized carbons (Fsp3) is 0.111. The zero-order chi connectivity index (χ0) is 9.59. The Balaban J connectivity index is 2.94. The predicted molar refractivity (Wildman–Crippen MR) is 55.7 cm³/mol. The highest BCUT2D eigenvalue weighted by atomic mass is 127. The molecule has 0 aliphatic rings. The van der Waals surface area contributed by atoms with E-state index in [1.807, 2.05) is 6.92 Å². The Kier molecular flexibility index (Phi) is 2.02. The van der Waals surface area contributed by atoms with Crippen molar-refractivity contribution in [3.05, 3.63) is 33.0 Å². The highest BCUT2D eigenvalue weighted by Gasteiger charge is 2.10. The molecular weight excluding hydrogens is 287 g/mol. The van der Waals surface area contributed by atoms with E-state index in [0.717, 1.165) is 15.3 Å². The van der Waals surface area contributed by atoms with E-state index in [1.54, 1.807) is 0 Å². The minimum atomic E-state index is -0.541. The van der Waals surface area contributed by atoms with Crippen LogP contribution >= 0.6 is 22.6 Å². The van der Waals surface area contributed by atoms with Crippen LogP contribution < -0.4 is 0 Å². The van der Waals surface area contributed by atoms with Crippen LogP contribution in [-0.4, -0.2) is 4.98 Å². The molecule has 0 amide bonds. The SMILES string of the molecule is Cc1[nH]c2c(F)cc(F)cc2c1I. The average molecular weight is 293 g/mol. The first-order chi connectivity index (χ1) is 6.09. The van der Waals surface area contributed by atoms with Gasteiger partial charge in [-0.25, -0.2) is 8.78 Å². The van der Waals surface area contributed by atoms with Gasteiger partial charge in [0.1, 0.15) is 11.6 Å². The summed E-state index contributed by atoms with van der Waals surface area (Å²) in [6.07, 6.45) is 0. The number of hydrogen-bond acceptors (Lipinski definition) is 0. The summed E-state index contributed by atoms with van der Waals surface area (Å²) >= 11 is 2.07. The summed E-state index contributed by atoms with van der Waals surface area (Å²) in [4.78, 5) is 2.87. The van der Waals surface area contributed by atoms with Crippen molar-refractivity contribution < 1.29 is 8.78 Å². The van der Waals surface area contributed by atoms with E-state index in [0.29, 0.717) is 10.9 Å². The summed E-state index contributed by atoms with van der Waals surface area (Å²) in [5.41, 5.74) is 1.24. The number of aryl methyl sites for hydroxylation is 1. The molecule has 0 saturated heterocycles. The molecule has 0 spiro atoms. The molecule has 0 bridgehead atoms. The molecule has 0 unspecified atom stereocenters. The van der Waals surface area contributed by atoms with Crippen molar-refractivity contribution in [3.63, 3.8) is 0 Å². The number of nitrogens with one attached hydrogen (secondary N) is 1. The monoisotopic (exact) mass is 293 g/mol. The maximum Gasteiger partial charge on any atom is 0.150 e. The highest BCUT2D eigenvalue weighted by molar-refractivity contribution is 14.1. The van der Waals surface area contributed by atoms with Gasteiger partial charge in [-0.15, -0.1) is 0 Å². The van der Waals surface area contributed by atoms with E-state index in [-0.39, 0.29) is 0 Å².